The van der Waals surface area contributed by atoms with Gasteiger partial charge in [-0.15, -0.1) is 0 Å². The summed E-state index contributed by atoms with van der Waals surface area (Å²) >= 11 is 1.37. The number of nitrogens with one attached hydrogen (secondary N) is 2. The summed E-state index contributed by atoms with van der Waals surface area (Å²) in [6, 6.07) is 19.5. The molecule has 1 aliphatic rings. The summed E-state index contributed by atoms with van der Waals surface area (Å²) in [5.41, 5.74) is 2.60. The molecule has 1 aliphatic heterocycles. The van der Waals surface area contributed by atoms with Crippen molar-refractivity contribution >= 4 is 50.7 Å². The fraction of sp³-hybridized carbons (Fsp3) is 0.100. The number of rotatable bonds is 4. The van der Waals surface area contributed by atoms with Gasteiger partial charge in [-0.05, 0) is 29.7 Å². The predicted molar refractivity (Wildman–Crippen MR) is 109 cm³/mol. The lowest BCUT2D eigenvalue weighted by atomic mass is 10.1. The quantitative estimate of drug-likeness (QED) is 0.709. The van der Waals surface area contributed by atoms with Crippen LogP contribution in [0.1, 0.15) is 0 Å². The van der Waals surface area contributed by atoms with E-state index in [4.69, 9.17) is 4.74 Å². The van der Waals surface area contributed by atoms with E-state index in [0.29, 0.717) is 16.6 Å². The zero-order chi connectivity index (χ0) is 17.9. The molecule has 5 nitrogen and oxygen atoms in total. The summed E-state index contributed by atoms with van der Waals surface area (Å²) in [6.45, 7) is 0. The van der Waals surface area contributed by atoms with Crippen molar-refractivity contribution in [3.05, 3.63) is 60.7 Å². The highest BCUT2D eigenvalue weighted by Gasteiger charge is 2.16. The largest absolute Gasteiger partial charge is 0.495 e. The van der Waals surface area contributed by atoms with Crippen LogP contribution in [-0.4, -0.2) is 23.9 Å². The molecule has 0 unspecified atom stereocenters. The molecule has 0 saturated heterocycles. The molecule has 3 aromatic rings. The SMILES string of the molecule is COc1ccccc1NC(=O)CSC1=Nc2cccc3cccc(c23)N1. The van der Waals surface area contributed by atoms with Gasteiger partial charge in [0.25, 0.3) is 0 Å². The van der Waals surface area contributed by atoms with Crippen molar-refractivity contribution in [1.82, 2.24) is 0 Å². The lowest BCUT2D eigenvalue weighted by Gasteiger charge is -2.18. The lowest BCUT2D eigenvalue weighted by Crippen LogP contribution is -2.19. The first-order chi connectivity index (χ1) is 12.7. The molecule has 0 aliphatic carbocycles. The van der Waals surface area contributed by atoms with Crippen LogP contribution < -0.4 is 15.4 Å². The first kappa shape index (κ1) is 16.5. The second-order valence-corrected chi connectivity index (χ2v) is 6.72. The van der Waals surface area contributed by atoms with E-state index in [2.05, 4.69) is 27.8 Å². The molecule has 0 bridgehead atoms. The van der Waals surface area contributed by atoms with Crippen LogP contribution in [0.5, 0.6) is 5.75 Å². The van der Waals surface area contributed by atoms with E-state index < -0.39 is 0 Å². The molecular weight excluding hydrogens is 346 g/mol. The maximum absolute atomic E-state index is 12.3. The Morgan fingerprint density at radius 3 is 2.77 bits per heavy atom. The van der Waals surface area contributed by atoms with Gasteiger partial charge in [-0.25, -0.2) is 4.99 Å². The molecule has 4 rings (SSSR count). The Morgan fingerprint density at radius 1 is 1.12 bits per heavy atom. The van der Waals surface area contributed by atoms with Crippen molar-refractivity contribution in [2.75, 3.05) is 23.5 Å². The Labute approximate surface area is 155 Å². The first-order valence-electron chi connectivity index (χ1n) is 8.18. The van der Waals surface area contributed by atoms with Crippen LogP contribution in [0.25, 0.3) is 10.8 Å². The minimum Gasteiger partial charge on any atom is -0.495 e. The molecule has 2 N–H and O–H groups in total. The highest BCUT2D eigenvalue weighted by atomic mass is 32.2. The van der Waals surface area contributed by atoms with Gasteiger partial charge in [0, 0.05) is 5.39 Å². The molecular formula is C20H17N3O2S. The smallest absolute Gasteiger partial charge is 0.234 e. The van der Waals surface area contributed by atoms with E-state index >= 15 is 0 Å². The summed E-state index contributed by atoms with van der Waals surface area (Å²) in [7, 11) is 1.58. The molecule has 130 valence electrons. The number of carbonyl (C=O) groups excluding carboxylic acids is 1. The number of nitrogens with zero attached hydrogens (tertiary/aromatic N) is 1. The third kappa shape index (κ3) is 3.23. The molecule has 0 saturated carbocycles. The fourth-order valence-electron chi connectivity index (χ4n) is 2.91. The molecule has 26 heavy (non-hydrogen) atoms. The Balaban J connectivity index is 1.46. The number of hydrogen-bond donors (Lipinski definition) is 2. The van der Waals surface area contributed by atoms with Crippen molar-refractivity contribution in [2.45, 2.75) is 0 Å². The predicted octanol–water partition coefficient (Wildman–Crippen LogP) is 4.63. The second-order valence-electron chi connectivity index (χ2n) is 5.76. The number of ether oxygens (including phenoxy) is 1. The molecule has 0 radical (unpaired) electrons. The van der Waals surface area contributed by atoms with E-state index in [1.807, 2.05) is 48.5 Å². The van der Waals surface area contributed by atoms with Crippen LogP contribution in [-0.2, 0) is 4.79 Å². The van der Waals surface area contributed by atoms with Crippen molar-refractivity contribution in [1.29, 1.82) is 0 Å². The van der Waals surface area contributed by atoms with Gasteiger partial charge in [-0.3, -0.25) is 4.79 Å². The van der Waals surface area contributed by atoms with Crippen molar-refractivity contribution < 1.29 is 9.53 Å². The Bertz CT molecular complexity index is 1010. The standard InChI is InChI=1S/C20H17N3O2S/c1-25-17-11-3-2-8-14(17)21-18(24)12-26-20-22-15-9-4-6-13-7-5-10-16(23-20)19(13)15/h2-11H,12H2,1H3,(H,21,24)(H,22,23). The molecule has 1 heterocycles. The number of amidine groups is 1. The van der Waals surface area contributed by atoms with Gasteiger partial charge in [0.15, 0.2) is 5.17 Å². The third-order valence-electron chi connectivity index (χ3n) is 4.07. The van der Waals surface area contributed by atoms with Gasteiger partial charge in [-0.2, -0.15) is 0 Å². The number of benzene rings is 3. The number of aliphatic imine (C=N–C) groups is 1. The monoisotopic (exact) mass is 363 g/mol. The van der Waals surface area contributed by atoms with E-state index in [-0.39, 0.29) is 11.7 Å². The summed E-state index contributed by atoms with van der Waals surface area (Å²) in [5, 5.41) is 9.15. The van der Waals surface area contributed by atoms with E-state index in [1.54, 1.807) is 7.11 Å². The Hall–Kier alpha value is -2.99. The van der Waals surface area contributed by atoms with Crippen LogP contribution in [0.2, 0.25) is 0 Å². The average molecular weight is 363 g/mol. The van der Waals surface area contributed by atoms with Crippen LogP contribution in [0.4, 0.5) is 17.1 Å². The van der Waals surface area contributed by atoms with Gasteiger partial charge >= 0.3 is 0 Å². The Kier molecular flexibility index (Phi) is 4.50. The van der Waals surface area contributed by atoms with E-state index in [0.717, 1.165) is 22.1 Å². The number of amides is 1. The van der Waals surface area contributed by atoms with Crippen molar-refractivity contribution in [2.24, 2.45) is 4.99 Å². The third-order valence-corrected chi connectivity index (χ3v) is 4.94. The molecule has 6 heteroatoms. The number of methoxy groups -OCH3 is 1. The van der Waals surface area contributed by atoms with Crippen molar-refractivity contribution in [3.63, 3.8) is 0 Å². The highest BCUT2D eigenvalue weighted by Crippen LogP contribution is 2.36. The van der Waals surface area contributed by atoms with Gasteiger partial charge in [-0.1, -0.05) is 48.2 Å². The van der Waals surface area contributed by atoms with E-state index in [1.165, 1.54) is 11.8 Å². The summed E-state index contributed by atoms with van der Waals surface area (Å²) < 4.78 is 5.25. The summed E-state index contributed by atoms with van der Waals surface area (Å²) in [6.07, 6.45) is 0. The van der Waals surface area contributed by atoms with Crippen LogP contribution in [0, 0.1) is 0 Å². The maximum atomic E-state index is 12.3. The lowest BCUT2D eigenvalue weighted by molar-refractivity contribution is -0.113. The summed E-state index contributed by atoms with van der Waals surface area (Å²) in [4.78, 5) is 16.9. The molecule has 0 fully saturated rings. The number of anilines is 2. The zero-order valence-electron chi connectivity index (χ0n) is 14.2. The highest BCUT2D eigenvalue weighted by molar-refractivity contribution is 8.14. The average Bonchev–Trinajstić information content (AvgIpc) is 2.67. The number of hydrogen-bond acceptors (Lipinski definition) is 5. The molecule has 1 amide bonds. The molecule has 3 aromatic carbocycles. The topological polar surface area (TPSA) is 62.7 Å². The number of thioether (sulfide) groups is 1. The van der Waals surface area contributed by atoms with Crippen LogP contribution in [0.15, 0.2) is 65.7 Å². The minimum atomic E-state index is -0.110. The minimum absolute atomic E-state index is 0.110. The summed E-state index contributed by atoms with van der Waals surface area (Å²) in [5.74, 6) is 0.780. The second kappa shape index (κ2) is 7.09. The van der Waals surface area contributed by atoms with E-state index in [9.17, 15) is 4.79 Å². The zero-order valence-corrected chi connectivity index (χ0v) is 15.0. The maximum Gasteiger partial charge on any atom is 0.234 e. The number of para-hydroxylation sites is 2. The van der Waals surface area contributed by atoms with Gasteiger partial charge in [0.1, 0.15) is 5.75 Å². The molecule has 0 atom stereocenters. The van der Waals surface area contributed by atoms with Gasteiger partial charge in [0.05, 0.1) is 29.9 Å². The fourth-order valence-corrected chi connectivity index (χ4v) is 3.59. The normalized spacial score (nSPS) is 12.3. The van der Waals surface area contributed by atoms with Gasteiger partial charge < -0.3 is 15.4 Å². The van der Waals surface area contributed by atoms with Crippen LogP contribution in [0.3, 0.4) is 0 Å². The van der Waals surface area contributed by atoms with Crippen LogP contribution >= 0.6 is 11.8 Å². The Morgan fingerprint density at radius 2 is 1.92 bits per heavy atom. The molecule has 0 spiro atoms. The first-order valence-corrected chi connectivity index (χ1v) is 9.16. The van der Waals surface area contributed by atoms with Gasteiger partial charge in [0.2, 0.25) is 5.91 Å². The van der Waals surface area contributed by atoms with Crippen molar-refractivity contribution in [3.8, 4) is 5.75 Å². The molecule has 0 aromatic heterocycles. The number of carbonyl (C=O) groups is 1.